The molecule has 9 heteroatoms. The summed E-state index contributed by atoms with van der Waals surface area (Å²) < 4.78 is 5.10. The van der Waals surface area contributed by atoms with Crippen LogP contribution >= 0.6 is 35.3 Å². The van der Waals surface area contributed by atoms with Crippen molar-refractivity contribution in [2.75, 3.05) is 20.2 Å². The number of halogens is 1. The fraction of sp³-hybridized carbons (Fsp3) is 0.409. The standard InChI is InChI=1S/C22H29N5O2S.HI/c1-6-29-21(28)19-14(3)26-20(30-19)15(4)27-22(23-5)24-11-10-16-12-25-17-9-7-8-13(2)18(16)17;/h7-9,12,15,25H,6,10-11H2,1-5H3,(H2,23,24,27);1H. The zero-order valence-electron chi connectivity index (χ0n) is 18.5. The SMILES string of the molecule is CCOC(=O)c1sc(C(C)NC(=NC)NCCc2c[nH]c3cccc(C)c23)nc1C.I. The van der Waals surface area contributed by atoms with E-state index in [9.17, 15) is 4.79 Å². The van der Waals surface area contributed by atoms with Crippen LogP contribution in [-0.4, -0.2) is 42.1 Å². The number of esters is 1. The number of aliphatic imine (C=N–C) groups is 1. The van der Waals surface area contributed by atoms with Gasteiger partial charge < -0.3 is 20.4 Å². The summed E-state index contributed by atoms with van der Waals surface area (Å²) in [4.78, 5) is 24.8. The van der Waals surface area contributed by atoms with E-state index in [1.165, 1.54) is 27.8 Å². The number of aromatic amines is 1. The maximum atomic E-state index is 12.0. The zero-order chi connectivity index (χ0) is 21.7. The van der Waals surface area contributed by atoms with E-state index in [1.54, 1.807) is 14.0 Å². The van der Waals surface area contributed by atoms with Crippen LogP contribution in [0.2, 0.25) is 0 Å². The van der Waals surface area contributed by atoms with Crippen LogP contribution in [0.25, 0.3) is 10.9 Å². The van der Waals surface area contributed by atoms with Crippen molar-refractivity contribution in [3.05, 3.63) is 51.1 Å². The second-order valence-electron chi connectivity index (χ2n) is 7.11. The van der Waals surface area contributed by atoms with Gasteiger partial charge in [-0.2, -0.15) is 0 Å². The molecule has 0 spiro atoms. The van der Waals surface area contributed by atoms with Gasteiger partial charge in [-0.25, -0.2) is 9.78 Å². The molecule has 0 aliphatic rings. The van der Waals surface area contributed by atoms with Gasteiger partial charge in [0.15, 0.2) is 5.96 Å². The van der Waals surface area contributed by atoms with Gasteiger partial charge in [-0.1, -0.05) is 12.1 Å². The fourth-order valence-corrected chi connectivity index (χ4v) is 4.38. The van der Waals surface area contributed by atoms with Crippen LogP contribution in [0, 0.1) is 13.8 Å². The van der Waals surface area contributed by atoms with Gasteiger partial charge in [0.2, 0.25) is 0 Å². The number of benzene rings is 1. The Bertz CT molecular complexity index is 1060. The molecule has 0 saturated heterocycles. The zero-order valence-corrected chi connectivity index (χ0v) is 21.7. The van der Waals surface area contributed by atoms with Crippen LogP contribution in [-0.2, 0) is 11.2 Å². The third-order valence-electron chi connectivity index (χ3n) is 4.90. The lowest BCUT2D eigenvalue weighted by molar-refractivity contribution is 0.0531. The number of H-pyrrole nitrogens is 1. The number of aromatic nitrogens is 2. The van der Waals surface area contributed by atoms with E-state index in [0.29, 0.717) is 23.1 Å². The number of thiazole rings is 1. The van der Waals surface area contributed by atoms with Gasteiger partial charge in [-0.15, -0.1) is 35.3 Å². The highest BCUT2D eigenvalue weighted by Crippen LogP contribution is 2.24. The van der Waals surface area contributed by atoms with Crippen molar-refractivity contribution in [1.82, 2.24) is 20.6 Å². The molecule has 3 N–H and O–H groups in total. The quantitative estimate of drug-likeness (QED) is 0.173. The lowest BCUT2D eigenvalue weighted by Gasteiger charge is -2.16. The summed E-state index contributed by atoms with van der Waals surface area (Å²) in [5, 5.41) is 8.83. The molecule has 3 rings (SSSR count). The Balaban J connectivity index is 0.00000341. The molecule has 1 atom stereocenters. The molecule has 0 amide bonds. The van der Waals surface area contributed by atoms with Crippen LogP contribution in [0.4, 0.5) is 0 Å². The number of carbonyl (C=O) groups is 1. The van der Waals surface area contributed by atoms with Crippen molar-refractivity contribution in [2.45, 2.75) is 40.2 Å². The van der Waals surface area contributed by atoms with E-state index in [1.807, 2.05) is 13.8 Å². The van der Waals surface area contributed by atoms with Crippen molar-refractivity contribution in [3.8, 4) is 0 Å². The van der Waals surface area contributed by atoms with Gasteiger partial charge in [0.1, 0.15) is 9.88 Å². The van der Waals surface area contributed by atoms with Crippen molar-refractivity contribution in [2.24, 2.45) is 4.99 Å². The normalized spacial score (nSPS) is 12.4. The Morgan fingerprint density at radius 2 is 2.13 bits per heavy atom. The lowest BCUT2D eigenvalue weighted by atomic mass is 10.1. The predicted molar refractivity (Wildman–Crippen MR) is 138 cm³/mol. The summed E-state index contributed by atoms with van der Waals surface area (Å²) in [6, 6.07) is 6.22. The van der Waals surface area contributed by atoms with Crippen LogP contribution < -0.4 is 10.6 Å². The van der Waals surface area contributed by atoms with E-state index in [0.717, 1.165) is 23.5 Å². The molecule has 0 aliphatic carbocycles. The summed E-state index contributed by atoms with van der Waals surface area (Å²) in [7, 11) is 1.75. The number of nitrogens with zero attached hydrogens (tertiary/aromatic N) is 2. The third kappa shape index (κ3) is 5.97. The number of hydrogen-bond donors (Lipinski definition) is 3. The number of guanidine groups is 1. The van der Waals surface area contributed by atoms with Crippen LogP contribution in [0.15, 0.2) is 29.4 Å². The smallest absolute Gasteiger partial charge is 0.350 e. The maximum Gasteiger partial charge on any atom is 0.350 e. The highest BCUT2D eigenvalue weighted by Gasteiger charge is 2.20. The molecular formula is C22H30IN5O2S. The van der Waals surface area contributed by atoms with Crippen LogP contribution in [0.1, 0.15) is 51.4 Å². The summed E-state index contributed by atoms with van der Waals surface area (Å²) in [5.74, 6) is 0.382. The number of rotatable bonds is 7. The summed E-state index contributed by atoms with van der Waals surface area (Å²) in [6.45, 7) is 8.87. The molecule has 2 aromatic heterocycles. The first-order valence-corrected chi connectivity index (χ1v) is 10.9. The Hall–Kier alpha value is -2.14. The van der Waals surface area contributed by atoms with Crippen molar-refractivity contribution < 1.29 is 9.53 Å². The van der Waals surface area contributed by atoms with Gasteiger partial charge in [-0.05, 0) is 51.3 Å². The van der Waals surface area contributed by atoms with Crippen molar-refractivity contribution in [3.63, 3.8) is 0 Å². The molecule has 0 saturated carbocycles. The van der Waals surface area contributed by atoms with Gasteiger partial charge in [0.25, 0.3) is 0 Å². The Morgan fingerprint density at radius 3 is 2.84 bits per heavy atom. The number of fused-ring (bicyclic) bond motifs is 1. The van der Waals surface area contributed by atoms with E-state index >= 15 is 0 Å². The average Bonchev–Trinajstić information content (AvgIpc) is 3.32. The molecule has 0 bridgehead atoms. The molecule has 0 fully saturated rings. The second kappa shape index (κ2) is 11.5. The average molecular weight is 555 g/mol. The topological polar surface area (TPSA) is 91.4 Å². The minimum Gasteiger partial charge on any atom is -0.462 e. The van der Waals surface area contributed by atoms with Gasteiger partial charge >= 0.3 is 5.97 Å². The van der Waals surface area contributed by atoms with Gasteiger partial charge in [0.05, 0.1) is 18.3 Å². The predicted octanol–water partition coefficient (Wildman–Crippen LogP) is 4.50. The number of carbonyl (C=O) groups excluding carboxylic acids is 1. The number of ether oxygens (including phenoxy) is 1. The summed E-state index contributed by atoms with van der Waals surface area (Å²) in [6.07, 6.45) is 2.96. The van der Waals surface area contributed by atoms with Crippen molar-refractivity contribution in [1.29, 1.82) is 0 Å². The molecule has 3 aromatic rings. The van der Waals surface area contributed by atoms with Crippen LogP contribution in [0.5, 0.6) is 0 Å². The number of nitrogens with one attached hydrogen (secondary N) is 3. The first-order valence-electron chi connectivity index (χ1n) is 10.1. The highest BCUT2D eigenvalue weighted by atomic mass is 127. The summed E-state index contributed by atoms with van der Waals surface area (Å²) in [5.41, 5.74) is 4.42. The van der Waals surface area contributed by atoms with Gasteiger partial charge in [-0.3, -0.25) is 4.99 Å². The molecular weight excluding hydrogens is 525 g/mol. The molecule has 7 nitrogen and oxygen atoms in total. The van der Waals surface area contributed by atoms with Gasteiger partial charge in [0, 0.05) is 30.7 Å². The fourth-order valence-electron chi connectivity index (χ4n) is 3.41. The molecule has 168 valence electrons. The molecule has 1 aromatic carbocycles. The van der Waals surface area contributed by atoms with E-state index < -0.39 is 0 Å². The number of hydrogen-bond acceptors (Lipinski definition) is 5. The minimum absolute atomic E-state index is 0. The molecule has 31 heavy (non-hydrogen) atoms. The molecule has 2 heterocycles. The monoisotopic (exact) mass is 555 g/mol. The summed E-state index contributed by atoms with van der Waals surface area (Å²) >= 11 is 1.36. The van der Waals surface area contributed by atoms with E-state index in [-0.39, 0.29) is 36.0 Å². The number of aryl methyl sites for hydroxylation is 2. The molecule has 1 unspecified atom stereocenters. The van der Waals surface area contributed by atoms with Crippen LogP contribution in [0.3, 0.4) is 0 Å². The molecule has 0 aliphatic heterocycles. The van der Waals surface area contributed by atoms with E-state index in [2.05, 4.69) is 56.9 Å². The second-order valence-corrected chi connectivity index (χ2v) is 8.14. The maximum absolute atomic E-state index is 12.0. The first kappa shape index (κ1) is 25.1. The molecule has 0 radical (unpaired) electrons. The highest BCUT2D eigenvalue weighted by molar-refractivity contribution is 14.0. The lowest BCUT2D eigenvalue weighted by Crippen LogP contribution is -2.39. The van der Waals surface area contributed by atoms with E-state index in [4.69, 9.17) is 4.74 Å². The first-order chi connectivity index (χ1) is 14.4. The Kier molecular flexibility index (Phi) is 9.30. The Morgan fingerprint density at radius 1 is 1.35 bits per heavy atom. The third-order valence-corrected chi connectivity index (χ3v) is 6.22. The minimum atomic E-state index is -0.317. The van der Waals surface area contributed by atoms with Crippen molar-refractivity contribution >= 4 is 58.1 Å². The largest absolute Gasteiger partial charge is 0.462 e. The Labute approximate surface area is 204 Å².